The van der Waals surface area contributed by atoms with Crippen molar-refractivity contribution < 1.29 is 9.90 Å². The number of amides is 1. The first-order valence-corrected chi connectivity index (χ1v) is 7.25. The Hall–Kier alpha value is -1.29. The van der Waals surface area contributed by atoms with Crippen molar-refractivity contribution in [2.75, 3.05) is 0 Å². The van der Waals surface area contributed by atoms with Gasteiger partial charge < -0.3 is 15.0 Å². The van der Waals surface area contributed by atoms with Crippen LogP contribution in [0.15, 0.2) is 18.3 Å². The molecule has 1 amide bonds. The van der Waals surface area contributed by atoms with Crippen molar-refractivity contribution in [3.8, 4) is 0 Å². The molecule has 4 nitrogen and oxygen atoms in total. The summed E-state index contributed by atoms with van der Waals surface area (Å²) in [5.74, 6) is -0.0790. The molecule has 1 aliphatic carbocycles. The molecule has 1 aromatic rings. The van der Waals surface area contributed by atoms with Gasteiger partial charge in [-0.05, 0) is 38.8 Å². The number of nitrogens with zero attached hydrogens (tertiary/aromatic N) is 1. The summed E-state index contributed by atoms with van der Waals surface area (Å²) in [5.41, 5.74) is 0.673. The maximum atomic E-state index is 12.3. The minimum absolute atomic E-state index is 0.0790. The number of hydrogen-bond donors (Lipinski definition) is 2. The number of carbonyl (C=O) groups is 1. The minimum atomic E-state index is -0.408. The fraction of sp³-hybridized carbons (Fsp3) is 0.667. The van der Waals surface area contributed by atoms with Crippen LogP contribution in [0.25, 0.3) is 0 Å². The van der Waals surface area contributed by atoms with E-state index in [1.54, 1.807) is 0 Å². The van der Waals surface area contributed by atoms with E-state index in [1.807, 2.05) is 22.9 Å². The number of nitrogens with one attached hydrogen (secondary N) is 1. The molecule has 4 heteroatoms. The summed E-state index contributed by atoms with van der Waals surface area (Å²) < 4.78 is 1.96. The molecular formula is C15H24N2O2. The minimum Gasteiger partial charge on any atom is -0.391 e. The van der Waals surface area contributed by atoms with Gasteiger partial charge in [-0.2, -0.15) is 0 Å². The molecule has 19 heavy (non-hydrogen) atoms. The van der Waals surface area contributed by atoms with E-state index in [4.69, 9.17) is 0 Å². The summed E-state index contributed by atoms with van der Waals surface area (Å²) in [5, 5.41) is 13.0. The van der Waals surface area contributed by atoms with E-state index < -0.39 is 6.10 Å². The summed E-state index contributed by atoms with van der Waals surface area (Å²) >= 11 is 0. The van der Waals surface area contributed by atoms with Gasteiger partial charge in [-0.1, -0.05) is 19.3 Å². The topological polar surface area (TPSA) is 54.3 Å². The van der Waals surface area contributed by atoms with Crippen molar-refractivity contribution in [2.24, 2.45) is 0 Å². The zero-order chi connectivity index (χ0) is 13.8. The third-order valence-electron chi connectivity index (χ3n) is 3.86. The Balaban J connectivity index is 2.05. The Morgan fingerprint density at radius 2 is 2.11 bits per heavy atom. The van der Waals surface area contributed by atoms with E-state index in [0.717, 1.165) is 32.1 Å². The first kappa shape index (κ1) is 14.1. The summed E-state index contributed by atoms with van der Waals surface area (Å²) in [6, 6.07) is 3.87. The molecule has 1 aliphatic rings. The quantitative estimate of drug-likeness (QED) is 0.824. The molecule has 2 rings (SSSR count). The van der Waals surface area contributed by atoms with Gasteiger partial charge in [-0.3, -0.25) is 4.79 Å². The predicted octanol–water partition coefficient (Wildman–Crippen LogP) is 2.49. The van der Waals surface area contributed by atoms with Crippen molar-refractivity contribution in [2.45, 2.75) is 64.1 Å². The summed E-state index contributed by atoms with van der Waals surface area (Å²) in [7, 11) is 0. The molecule has 0 spiro atoms. The molecule has 106 valence electrons. The highest BCUT2D eigenvalue weighted by molar-refractivity contribution is 5.93. The largest absolute Gasteiger partial charge is 0.391 e. The van der Waals surface area contributed by atoms with E-state index in [1.165, 1.54) is 0 Å². The van der Waals surface area contributed by atoms with Crippen molar-refractivity contribution >= 4 is 5.91 Å². The summed E-state index contributed by atoms with van der Waals surface area (Å²) in [4.78, 5) is 12.3. The normalized spacial score (nSPS) is 24.2. The van der Waals surface area contributed by atoms with Crippen LogP contribution < -0.4 is 5.32 Å². The number of aliphatic hydroxyl groups is 1. The second-order valence-electron chi connectivity index (χ2n) is 5.68. The van der Waals surface area contributed by atoms with Crippen LogP contribution in [0.1, 0.15) is 62.5 Å². The Morgan fingerprint density at radius 3 is 2.84 bits per heavy atom. The molecule has 0 aromatic carbocycles. The lowest BCUT2D eigenvalue weighted by Gasteiger charge is -2.22. The Labute approximate surface area is 114 Å². The number of aliphatic hydroxyl groups excluding tert-OH is 1. The monoisotopic (exact) mass is 264 g/mol. The van der Waals surface area contributed by atoms with Crippen LogP contribution >= 0.6 is 0 Å². The molecule has 0 aliphatic heterocycles. The Bertz CT molecular complexity index is 426. The zero-order valence-electron chi connectivity index (χ0n) is 11.8. The lowest BCUT2D eigenvalue weighted by Crippen LogP contribution is -2.43. The van der Waals surface area contributed by atoms with Crippen LogP contribution in [0, 0.1) is 0 Å². The Morgan fingerprint density at radius 1 is 1.37 bits per heavy atom. The maximum absolute atomic E-state index is 12.3. The van der Waals surface area contributed by atoms with Crippen LogP contribution in [0.2, 0.25) is 0 Å². The van der Waals surface area contributed by atoms with Gasteiger partial charge in [0.15, 0.2) is 0 Å². The number of hydrogen-bond acceptors (Lipinski definition) is 2. The highest BCUT2D eigenvalue weighted by atomic mass is 16.3. The molecule has 2 atom stereocenters. The molecule has 0 saturated heterocycles. The molecule has 0 radical (unpaired) electrons. The van der Waals surface area contributed by atoms with Crippen LogP contribution in [0.5, 0.6) is 0 Å². The molecule has 1 saturated carbocycles. The van der Waals surface area contributed by atoms with Gasteiger partial charge in [0.1, 0.15) is 5.69 Å². The smallest absolute Gasteiger partial charge is 0.268 e. The van der Waals surface area contributed by atoms with Gasteiger partial charge in [0, 0.05) is 12.2 Å². The van der Waals surface area contributed by atoms with E-state index in [2.05, 4.69) is 19.2 Å². The number of aromatic nitrogens is 1. The van der Waals surface area contributed by atoms with Crippen LogP contribution in [0.4, 0.5) is 0 Å². The molecule has 1 fully saturated rings. The molecule has 1 aromatic heterocycles. The lowest BCUT2D eigenvalue weighted by atomic mass is 10.1. The van der Waals surface area contributed by atoms with Crippen molar-refractivity contribution in [1.82, 2.24) is 9.88 Å². The third-order valence-corrected chi connectivity index (χ3v) is 3.86. The van der Waals surface area contributed by atoms with Gasteiger partial charge >= 0.3 is 0 Å². The molecule has 2 N–H and O–H groups in total. The molecular weight excluding hydrogens is 240 g/mol. The first-order valence-electron chi connectivity index (χ1n) is 7.25. The lowest BCUT2D eigenvalue weighted by molar-refractivity contribution is 0.0809. The van der Waals surface area contributed by atoms with Crippen molar-refractivity contribution in [3.05, 3.63) is 24.0 Å². The van der Waals surface area contributed by atoms with Gasteiger partial charge in [0.25, 0.3) is 5.91 Å². The van der Waals surface area contributed by atoms with Crippen molar-refractivity contribution in [3.63, 3.8) is 0 Å². The summed E-state index contributed by atoms with van der Waals surface area (Å²) in [6.07, 6.45) is 6.44. The highest BCUT2D eigenvalue weighted by Crippen LogP contribution is 2.19. The van der Waals surface area contributed by atoms with Crippen molar-refractivity contribution in [1.29, 1.82) is 0 Å². The average molecular weight is 264 g/mol. The van der Waals surface area contributed by atoms with Crippen LogP contribution in [0.3, 0.4) is 0 Å². The molecule has 2 unspecified atom stereocenters. The summed E-state index contributed by atoms with van der Waals surface area (Å²) in [6.45, 7) is 4.11. The fourth-order valence-electron chi connectivity index (χ4n) is 2.74. The molecule has 1 heterocycles. The Kier molecular flexibility index (Phi) is 4.64. The fourth-order valence-corrected chi connectivity index (χ4v) is 2.74. The second kappa shape index (κ2) is 6.24. The highest BCUT2D eigenvalue weighted by Gasteiger charge is 2.24. The van der Waals surface area contributed by atoms with Gasteiger partial charge in [-0.25, -0.2) is 0 Å². The maximum Gasteiger partial charge on any atom is 0.268 e. The first-order chi connectivity index (χ1) is 9.09. The zero-order valence-corrected chi connectivity index (χ0v) is 11.8. The van der Waals surface area contributed by atoms with Gasteiger partial charge in [0.05, 0.1) is 12.1 Å². The van der Waals surface area contributed by atoms with Crippen LogP contribution in [-0.2, 0) is 0 Å². The van der Waals surface area contributed by atoms with Gasteiger partial charge in [-0.15, -0.1) is 0 Å². The second-order valence-corrected chi connectivity index (χ2v) is 5.68. The molecule has 0 bridgehead atoms. The van der Waals surface area contributed by atoms with E-state index in [-0.39, 0.29) is 18.0 Å². The van der Waals surface area contributed by atoms with Gasteiger partial charge in [0.2, 0.25) is 0 Å². The number of rotatable bonds is 3. The van der Waals surface area contributed by atoms with E-state index >= 15 is 0 Å². The van der Waals surface area contributed by atoms with E-state index in [0.29, 0.717) is 5.69 Å². The van der Waals surface area contributed by atoms with E-state index in [9.17, 15) is 9.90 Å². The number of carbonyl (C=O) groups excluding carboxylic acids is 1. The SMILES string of the molecule is CC(C)n1cccc1C(=O)NC1CCCCCC1O. The third kappa shape index (κ3) is 3.38. The standard InChI is InChI=1S/C15H24N2O2/c1-11(2)17-10-6-8-13(17)15(19)16-12-7-4-3-5-9-14(12)18/h6,8,10-12,14,18H,3-5,7,9H2,1-2H3,(H,16,19). The van der Waals surface area contributed by atoms with Crippen LogP contribution in [-0.4, -0.2) is 27.7 Å². The predicted molar refractivity (Wildman–Crippen MR) is 75.2 cm³/mol. The average Bonchev–Trinajstić information content (AvgIpc) is 2.78.